The molecule has 0 radical (unpaired) electrons. The van der Waals surface area contributed by atoms with Gasteiger partial charge < -0.3 is 16.4 Å². The molecular formula is C12H21N7. The molecule has 0 unspecified atom stereocenters. The Morgan fingerprint density at radius 2 is 2.16 bits per heavy atom. The molecule has 0 fully saturated rings. The third-order valence-corrected chi connectivity index (χ3v) is 2.93. The number of guanidine groups is 1. The van der Waals surface area contributed by atoms with Gasteiger partial charge in [-0.2, -0.15) is 10.4 Å². The number of anilines is 1. The lowest BCUT2D eigenvalue weighted by atomic mass is 10.1. The zero-order valence-corrected chi connectivity index (χ0v) is 11.5. The summed E-state index contributed by atoms with van der Waals surface area (Å²) in [6.45, 7) is 6.39. The van der Waals surface area contributed by atoms with E-state index in [1.54, 1.807) is 0 Å². The van der Waals surface area contributed by atoms with Gasteiger partial charge in [0.25, 0.3) is 0 Å². The predicted molar refractivity (Wildman–Crippen MR) is 75.4 cm³/mol. The number of H-pyrrole nitrogens is 1. The van der Waals surface area contributed by atoms with Crippen molar-refractivity contribution in [2.75, 3.05) is 25.4 Å². The Kier molecular flexibility index (Phi) is 5.67. The molecule has 1 heterocycles. The largest absolute Gasteiger partial charge is 0.381 e. The molecule has 7 nitrogen and oxygen atoms in total. The van der Waals surface area contributed by atoms with E-state index in [2.05, 4.69) is 15.2 Å². The zero-order chi connectivity index (χ0) is 14.3. The number of hydrogen-bond donors (Lipinski definition) is 3. The van der Waals surface area contributed by atoms with Gasteiger partial charge in [0.2, 0.25) is 0 Å². The van der Waals surface area contributed by atoms with Gasteiger partial charge in [-0.05, 0) is 26.7 Å². The first-order valence-electron chi connectivity index (χ1n) is 6.41. The lowest BCUT2D eigenvalue weighted by Gasteiger charge is -2.19. The van der Waals surface area contributed by atoms with E-state index in [4.69, 9.17) is 16.7 Å². The van der Waals surface area contributed by atoms with Gasteiger partial charge in [0.1, 0.15) is 11.6 Å². The molecule has 0 aliphatic carbocycles. The topological polar surface area (TPSA) is 120 Å². The Bertz CT molecular complexity index is 465. The molecule has 1 rings (SSSR count). The fourth-order valence-electron chi connectivity index (χ4n) is 1.80. The Morgan fingerprint density at radius 1 is 1.47 bits per heavy atom. The maximum absolute atomic E-state index is 8.93. The molecule has 0 spiro atoms. The van der Waals surface area contributed by atoms with Crippen LogP contribution < -0.4 is 11.5 Å². The number of hydrogen-bond acceptors (Lipinski definition) is 4. The van der Waals surface area contributed by atoms with Crippen molar-refractivity contribution in [2.45, 2.75) is 26.7 Å². The number of rotatable bonds is 6. The summed E-state index contributed by atoms with van der Waals surface area (Å²) >= 11 is 0. The molecule has 19 heavy (non-hydrogen) atoms. The maximum atomic E-state index is 8.93. The number of nitrogens with zero attached hydrogens (tertiary/aromatic N) is 4. The van der Waals surface area contributed by atoms with Crippen molar-refractivity contribution in [3.8, 4) is 6.07 Å². The Morgan fingerprint density at radius 3 is 2.74 bits per heavy atom. The maximum Gasteiger partial charge on any atom is 0.191 e. The molecule has 0 amide bonds. The third kappa shape index (κ3) is 3.88. The van der Waals surface area contributed by atoms with E-state index >= 15 is 0 Å². The smallest absolute Gasteiger partial charge is 0.191 e. The van der Waals surface area contributed by atoms with Gasteiger partial charge in [-0.1, -0.05) is 0 Å². The van der Waals surface area contributed by atoms with Crippen molar-refractivity contribution in [3.63, 3.8) is 0 Å². The molecule has 0 aromatic carbocycles. The fourth-order valence-corrected chi connectivity index (χ4v) is 1.80. The van der Waals surface area contributed by atoms with Crippen molar-refractivity contribution >= 4 is 11.8 Å². The average molecular weight is 263 g/mol. The number of nitrogens with one attached hydrogen (secondary N) is 1. The van der Waals surface area contributed by atoms with Crippen LogP contribution in [0.25, 0.3) is 0 Å². The van der Waals surface area contributed by atoms with Gasteiger partial charge in [-0.25, -0.2) is 0 Å². The summed E-state index contributed by atoms with van der Waals surface area (Å²) in [6.07, 6.45) is 1.47. The lowest BCUT2D eigenvalue weighted by Crippen LogP contribution is -2.37. The second-order valence-electron chi connectivity index (χ2n) is 4.09. The van der Waals surface area contributed by atoms with E-state index in [9.17, 15) is 0 Å². The number of aromatic nitrogens is 2. The molecule has 1 aromatic rings. The van der Waals surface area contributed by atoms with E-state index in [1.807, 2.05) is 24.8 Å². The monoisotopic (exact) mass is 263 g/mol. The van der Waals surface area contributed by atoms with Crippen molar-refractivity contribution < 1.29 is 0 Å². The predicted octanol–water partition coefficient (Wildman–Crippen LogP) is 0.453. The highest BCUT2D eigenvalue weighted by atomic mass is 15.2. The number of nitrogens with two attached hydrogens (primary N) is 2. The molecule has 0 saturated carbocycles. The van der Waals surface area contributed by atoms with Crippen LogP contribution in [0, 0.1) is 11.3 Å². The summed E-state index contributed by atoms with van der Waals surface area (Å²) in [5.74, 6) is 0.818. The van der Waals surface area contributed by atoms with Crippen LogP contribution in [0.2, 0.25) is 0 Å². The van der Waals surface area contributed by atoms with E-state index < -0.39 is 0 Å². The summed E-state index contributed by atoms with van der Waals surface area (Å²) in [5, 5.41) is 15.5. The molecule has 7 heteroatoms. The molecular weight excluding hydrogens is 242 g/mol. The molecule has 1 aromatic heterocycles. The average Bonchev–Trinajstić information content (AvgIpc) is 2.76. The summed E-state index contributed by atoms with van der Waals surface area (Å²) in [6, 6.07) is 2.04. The normalized spacial score (nSPS) is 11.3. The van der Waals surface area contributed by atoms with Crippen LogP contribution in [-0.2, 0) is 6.42 Å². The summed E-state index contributed by atoms with van der Waals surface area (Å²) in [5.41, 5.74) is 12.6. The highest BCUT2D eigenvalue weighted by molar-refractivity contribution is 5.77. The second kappa shape index (κ2) is 7.26. The van der Waals surface area contributed by atoms with Gasteiger partial charge >= 0.3 is 0 Å². The molecule has 0 bridgehead atoms. The molecule has 0 atom stereocenters. The first-order chi connectivity index (χ1) is 9.13. The molecule has 0 saturated heterocycles. The van der Waals surface area contributed by atoms with Crippen LogP contribution in [-0.4, -0.2) is 40.7 Å². The number of nitriles is 1. The van der Waals surface area contributed by atoms with Gasteiger partial charge in [-0.3, -0.25) is 10.1 Å². The fraction of sp³-hybridized carbons (Fsp3) is 0.583. The van der Waals surface area contributed by atoms with Crippen LogP contribution >= 0.6 is 0 Å². The summed E-state index contributed by atoms with van der Waals surface area (Å²) < 4.78 is 0. The summed E-state index contributed by atoms with van der Waals surface area (Å²) in [7, 11) is 0. The number of aromatic amines is 1. The molecule has 104 valence electrons. The van der Waals surface area contributed by atoms with Crippen LogP contribution in [0.3, 0.4) is 0 Å². The highest BCUT2D eigenvalue weighted by Crippen LogP contribution is 2.13. The lowest BCUT2D eigenvalue weighted by molar-refractivity contribution is 0.458. The molecule has 0 aliphatic heterocycles. The van der Waals surface area contributed by atoms with E-state index in [1.165, 1.54) is 0 Å². The highest BCUT2D eigenvalue weighted by Gasteiger charge is 2.09. The second-order valence-corrected chi connectivity index (χ2v) is 4.09. The van der Waals surface area contributed by atoms with Gasteiger partial charge in [-0.15, -0.1) is 0 Å². The molecule has 5 N–H and O–H groups in total. The van der Waals surface area contributed by atoms with Crippen molar-refractivity contribution in [1.82, 2.24) is 15.1 Å². The van der Waals surface area contributed by atoms with Crippen molar-refractivity contribution in [1.29, 1.82) is 5.26 Å². The van der Waals surface area contributed by atoms with E-state index in [0.717, 1.165) is 25.2 Å². The van der Waals surface area contributed by atoms with Crippen LogP contribution in [0.4, 0.5) is 5.82 Å². The Hall–Kier alpha value is -2.23. The standard InChI is InChI=1S/C12H21N7/c1-3-19(4-2)12(15)16-7-5-6-10-9(8-13)11(14)18-17-10/h3-7H2,1-2H3,(H2,15,16)(H3,14,17,18). The number of aryl methyl sites for hydroxylation is 1. The third-order valence-electron chi connectivity index (χ3n) is 2.93. The molecule has 0 aliphatic rings. The van der Waals surface area contributed by atoms with Gasteiger partial charge in [0, 0.05) is 19.6 Å². The van der Waals surface area contributed by atoms with Crippen molar-refractivity contribution in [3.05, 3.63) is 11.3 Å². The first kappa shape index (κ1) is 14.8. The number of aliphatic imine (C=N–C) groups is 1. The van der Waals surface area contributed by atoms with E-state index in [0.29, 0.717) is 24.5 Å². The van der Waals surface area contributed by atoms with Crippen LogP contribution in [0.5, 0.6) is 0 Å². The quantitative estimate of drug-likeness (QED) is 0.391. The van der Waals surface area contributed by atoms with Gasteiger partial charge in [0.05, 0.1) is 5.69 Å². The minimum atomic E-state index is 0.253. The summed E-state index contributed by atoms with van der Waals surface area (Å²) in [4.78, 5) is 6.31. The zero-order valence-electron chi connectivity index (χ0n) is 11.5. The van der Waals surface area contributed by atoms with Gasteiger partial charge in [0.15, 0.2) is 11.8 Å². The minimum Gasteiger partial charge on any atom is -0.381 e. The minimum absolute atomic E-state index is 0.253. The first-order valence-corrected chi connectivity index (χ1v) is 6.41. The SMILES string of the molecule is CCN(CC)C(N)=NCCCc1[nH]nc(N)c1C#N. The van der Waals surface area contributed by atoms with Crippen LogP contribution in [0.1, 0.15) is 31.5 Å². The number of nitrogen functional groups attached to an aromatic ring is 1. The Labute approximate surface area is 113 Å². The Balaban J connectivity index is 2.47. The van der Waals surface area contributed by atoms with Crippen LogP contribution in [0.15, 0.2) is 4.99 Å². The van der Waals surface area contributed by atoms with Crippen molar-refractivity contribution in [2.24, 2.45) is 10.7 Å². The van der Waals surface area contributed by atoms with E-state index in [-0.39, 0.29) is 5.82 Å².